The summed E-state index contributed by atoms with van der Waals surface area (Å²) in [4.78, 5) is 12.4. The van der Waals surface area contributed by atoms with E-state index in [1.807, 2.05) is 62.4 Å². The van der Waals surface area contributed by atoms with Crippen LogP contribution < -0.4 is 10.6 Å². The zero-order valence-corrected chi connectivity index (χ0v) is 15.1. The molecule has 0 bridgehead atoms. The molecule has 0 unspecified atom stereocenters. The Morgan fingerprint density at radius 2 is 2.04 bits per heavy atom. The van der Waals surface area contributed by atoms with Gasteiger partial charge in [0, 0.05) is 22.0 Å². The van der Waals surface area contributed by atoms with Crippen LogP contribution in [0.15, 0.2) is 58.7 Å². The van der Waals surface area contributed by atoms with Crippen LogP contribution in [0.3, 0.4) is 0 Å². The van der Waals surface area contributed by atoms with Crippen molar-refractivity contribution in [2.75, 3.05) is 10.6 Å². The largest absolute Gasteiger partial charge is 0.360 e. The molecule has 2 N–H and O–H groups in total. The molecule has 122 valence electrons. The molecule has 0 saturated carbocycles. The minimum Gasteiger partial charge on any atom is -0.360 e. The summed E-state index contributed by atoms with van der Waals surface area (Å²) in [5, 5.41) is 15.1. The standard InChI is InChI=1S/C19H18BrN3O/c1-3-14-7-4-6-13(2)18(14)23-19(24)15(11-21)12-22-17-9-5-8-16(20)10-17/h4-10,12,22H,3H2,1-2H3,(H,23,24)/b15-12-. The van der Waals surface area contributed by atoms with Crippen LogP contribution in [0, 0.1) is 18.3 Å². The molecule has 1 amide bonds. The fraction of sp³-hybridized carbons (Fsp3) is 0.158. The van der Waals surface area contributed by atoms with Crippen LogP contribution in [-0.2, 0) is 11.2 Å². The van der Waals surface area contributed by atoms with E-state index in [1.54, 1.807) is 0 Å². The summed E-state index contributed by atoms with van der Waals surface area (Å²) in [6.45, 7) is 3.96. The monoisotopic (exact) mass is 383 g/mol. The molecular formula is C19H18BrN3O. The molecule has 0 aromatic heterocycles. The van der Waals surface area contributed by atoms with Gasteiger partial charge in [-0.2, -0.15) is 5.26 Å². The van der Waals surface area contributed by atoms with Crippen molar-refractivity contribution in [2.45, 2.75) is 20.3 Å². The number of nitrogens with zero attached hydrogens (tertiary/aromatic N) is 1. The Hall–Kier alpha value is -2.58. The maximum atomic E-state index is 12.4. The Kier molecular flexibility index (Phi) is 6.16. The van der Waals surface area contributed by atoms with Gasteiger partial charge < -0.3 is 10.6 Å². The van der Waals surface area contributed by atoms with Crippen LogP contribution in [0.2, 0.25) is 0 Å². The molecule has 0 radical (unpaired) electrons. The average Bonchev–Trinajstić information content (AvgIpc) is 2.57. The number of hydrogen-bond acceptors (Lipinski definition) is 3. The highest BCUT2D eigenvalue weighted by molar-refractivity contribution is 9.10. The molecule has 2 aromatic rings. The van der Waals surface area contributed by atoms with Gasteiger partial charge in [-0.1, -0.05) is 47.1 Å². The summed E-state index contributed by atoms with van der Waals surface area (Å²) in [6.07, 6.45) is 2.22. The van der Waals surface area contributed by atoms with E-state index in [9.17, 15) is 10.1 Å². The number of para-hydroxylation sites is 1. The average molecular weight is 384 g/mol. The molecule has 0 aliphatic heterocycles. The zero-order valence-electron chi connectivity index (χ0n) is 13.6. The SMILES string of the molecule is CCc1cccc(C)c1NC(=O)/C(C#N)=C\Nc1cccc(Br)c1. The third-order valence-electron chi connectivity index (χ3n) is 3.55. The number of nitriles is 1. The number of carbonyl (C=O) groups is 1. The topological polar surface area (TPSA) is 64.9 Å². The van der Waals surface area contributed by atoms with Crippen LogP contribution in [-0.4, -0.2) is 5.91 Å². The van der Waals surface area contributed by atoms with Crippen molar-refractivity contribution >= 4 is 33.2 Å². The Balaban J connectivity index is 2.18. The molecule has 2 rings (SSSR count). The van der Waals surface area contributed by atoms with Crippen LogP contribution in [0.5, 0.6) is 0 Å². The Morgan fingerprint density at radius 1 is 1.29 bits per heavy atom. The molecule has 0 aliphatic rings. The van der Waals surface area contributed by atoms with Crippen molar-refractivity contribution in [1.82, 2.24) is 0 Å². The molecule has 0 heterocycles. The summed E-state index contributed by atoms with van der Waals surface area (Å²) in [5.41, 5.74) is 3.59. The first-order valence-electron chi connectivity index (χ1n) is 7.57. The molecular weight excluding hydrogens is 366 g/mol. The predicted octanol–water partition coefficient (Wildman–Crippen LogP) is 4.78. The van der Waals surface area contributed by atoms with E-state index in [1.165, 1.54) is 6.20 Å². The first-order valence-corrected chi connectivity index (χ1v) is 8.36. The molecule has 5 heteroatoms. The van der Waals surface area contributed by atoms with Crippen LogP contribution in [0.25, 0.3) is 0 Å². The first-order chi connectivity index (χ1) is 11.5. The summed E-state index contributed by atoms with van der Waals surface area (Å²) < 4.78 is 0.913. The van der Waals surface area contributed by atoms with Crippen molar-refractivity contribution < 1.29 is 4.79 Å². The van der Waals surface area contributed by atoms with Gasteiger partial charge in [-0.3, -0.25) is 4.79 Å². The van der Waals surface area contributed by atoms with Crippen molar-refractivity contribution in [3.8, 4) is 6.07 Å². The Bertz CT molecular complexity index is 822. The number of benzene rings is 2. The van der Waals surface area contributed by atoms with Gasteiger partial charge in [-0.15, -0.1) is 0 Å². The van der Waals surface area contributed by atoms with E-state index in [2.05, 4.69) is 26.6 Å². The van der Waals surface area contributed by atoms with E-state index < -0.39 is 5.91 Å². The third kappa shape index (κ3) is 4.46. The van der Waals surface area contributed by atoms with E-state index in [4.69, 9.17) is 0 Å². The highest BCUT2D eigenvalue weighted by atomic mass is 79.9. The normalized spacial score (nSPS) is 10.8. The molecule has 0 aliphatic carbocycles. The molecule has 0 spiro atoms. The van der Waals surface area contributed by atoms with Gasteiger partial charge in [-0.05, 0) is 42.7 Å². The van der Waals surface area contributed by atoms with Gasteiger partial charge in [0.15, 0.2) is 0 Å². The number of amides is 1. The minimum atomic E-state index is -0.427. The second-order valence-electron chi connectivity index (χ2n) is 5.24. The second kappa shape index (κ2) is 8.32. The maximum Gasteiger partial charge on any atom is 0.267 e. The quantitative estimate of drug-likeness (QED) is 0.576. The van der Waals surface area contributed by atoms with Crippen LogP contribution in [0.1, 0.15) is 18.1 Å². The Morgan fingerprint density at radius 3 is 2.71 bits per heavy atom. The predicted molar refractivity (Wildman–Crippen MR) is 101 cm³/mol. The highest BCUT2D eigenvalue weighted by Crippen LogP contribution is 2.22. The summed E-state index contributed by atoms with van der Waals surface area (Å²) in [6, 6.07) is 15.3. The number of anilines is 2. The minimum absolute atomic E-state index is 0.0141. The zero-order chi connectivity index (χ0) is 17.5. The number of nitrogens with one attached hydrogen (secondary N) is 2. The van der Waals surface area contributed by atoms with Crippen molar-refractivity contribution in [3.05, 3.63) is 69.8 Å². The van der Waals surface area contributed by atoms with Gasteiger partial charge in [0.25, 0.3) is 5.91 Å². The summed E-state index contributed by atoms with van der Waals surface area (Å²) in [5.74, 6) is -0.427. The van der Waals surface area contributed by atoms with E-state index in [0.29, 0.717) is 0 Å². The van der Waals surface area contributed by atoms with Gasteiger partial charge >= 0.3 is 0 Å². The van der Waals surface area contributed by atoms with Gasteiger partial charge in [0.2, 0.25) is 0 Å². The molecule has 0 fully saturated rings. The van der Waals surface area contributed by atoms with Crippen LogP contribution in [0.4, 0.5) is 11.4 Å². The van der Waals surface area contributed by atoms with Gasteiger partial charge in [0.05, 0.1) is 0 Å². The number of hydrogen-bond donors (Lipinski definition) is 2. The Labute approximate surface area is 150 Å². The lowest BCUT2D eigenvalue weighted by molar-refractivity contribution is -0.112. The summed E-state index contributed by atoms with van der Waals surface area (Å²) >= 11 is 3.38. The van der Waals surface area contributed by atoms with E-state index in [-0.39, 0.29) is 5.57 Å². The lowest BCUT2D eigenvalue weighted by Crippen LogP contribution is -2.16. The van der Waals surface area contributed by atoms with E-state index >= 15 is 0 Å². The van der Waals surface area contributed by atoms with Crippen molar-refractivity contribution in [1.29, 1.82) is 5.26 Å². The number of aryl methyl sites for hydroxylation is 2. The lowest BCUT2D eigenvalue weighted by atomic mass is 10.1. The number of carbonyl (C=O) groups excluding carboxylic acids is 1. The van der Waals surface area contributed by atoms with Crippen molar-refractivity contribution in [2.24, 2.45) is 0 Å². The van der Waals surface area contributed by atoms with Gasteiger partial charge in [0.1, 0.15) is 11.6 Å². The number of halogens is 1. The molecule has 2 aromatic carbocycles. The molecule has 0 saturated heterocycles. The third-order valence-corrected chi connectivity index (χ3v) is 4.04. The fourth-order valence-electron chi connectivity index (χ4n) is 2.27. The lowest BCUT2D eigenvalue weighted by Gasteiger charge is -2.12. The van der Waals surface area contributed by atoms with Gasteiger partial charge in [-0.25, -0.2) is 0 Å². The van der Waals surface area contributed by atoms with Crippen molar-refractivity contribution in [3.63, 3.8) is 0 Å². The highest BCUT2D eigenvalue weighted by Gasteiger charge is 2.13. The fourth-order valence-corrected chi connectivity index (χ4v) is 2.66. The maximum absolute atomic E-state index is 12.4. The smallest absolute Gasteiger partial charge is 0.267 e. The first kappa shape index (κ1) is 17.8. The molecule has 4 nitrogen and oxygen atoms in total. The molecule has 0 atom stereocenters. The molecule has 24 heavy (non-hydrogen) atoms. The number of rotatable bonds is 5. The van der Waals surface area contributed by atoms with Crippen LogP contribution >= 0.6 is 15.9 Å². The van der Waals surface area contributed by atoms with E-state index in [0.717, 1.165) is 33.4 Å². The summed E-state index contributed by atoms with van der Waals surface area (Å²) in [7, 11) is 0. The second-order valence-corrected chi connectivity index (χ2v) is 6.16.